The molecule has 0 aliphatic carbocycles. The predicted molar refractivity (Wildman–Crippen MR) is 69.2 cm³/mol. The molecule has 1 rings (SSSR count). The van der Waals surface area contributed by atoms with Gasteiger partial charge in [-0.15, -0.1) is 11.3 Å². The number of nitrogens with zero attached hydrogens (tertiary/aromatic N) is 1. The topological polar surface area (TPSA) is 23.5 Å². The second-order valence-electron chi connectivity index (χ2n) is 4.70. The van der Waals surface area contributed by atoms with E-state index in [0.717, 1.165) is 13.1 Å². The van der Waals surface area contributed by atoms with E-state index in [1.165, 1.54) is 8.66 Å². The molecular weight excluding hydrogens is 274 g/mol. The smallest absolute Gasteiger partial charge is 0.0701 e. The Morgan fingerprint density at radius 2 is 2.13 bits per heavy atom. The first-order valence-corrected chi connectivity index (χ1v) is 6.57. The molecule has 0 aromatic carbocycles. The SMILES string of the molecule is CN(Cc1ccc(Br)s1)CC(C)(C)CO. The van der Waals surface area contributed by atoms with Crippen LogP contribution in [-0.2, 0) is 6.54 Å². The van der Waals surface area contributed by atoms with Crippen LogP contribution in [0.15, 0.2) is 15.9 Å². The molecule has 0 bridgehead atoms. The van der Waals surface area contributed by atoms with Crippen molar-refractivity contribution in [3.8, 4) is 0 Å². The summed E-state index contributed by atoms with van der Waals surface area (Å²) in [6.07, 6.45) is 0. The van der Waals surface area contributed by atoms with Gasteiger partial charge in [0.25, 0.3) is 0 Å². The van der Waals surface area contributed by atoms with Crippen LogP contribution in [0.3, 0.4) is 0 Å². The number of aliphatic hydroxyl groups is 1. The molecule has 15 heavy (non-hydrogen) atoms. The molecule has 4 heteroatoms. The molecule has 0 atom stereocenters. The Hall–Kier alpha value is 0.1000. The number of thiophene rings is 1. The highest BCUT2D eigenvalue weighted by atomic mass is 79.9. The van der Waals surface area contributed by atoms with Gasteiger partial charge in [0.15, 0.2) is 0 Å². The van der Waals surface area contributed by atoms with Crippen molar-refractivity contribution in [2.24, 2.45) is 5.41 Å². The lowest BCUT2D eigenvalue weighted by Crippen LogP contribution is -2.33. The van der Waals surface area contributed by atoms with Crippen molar-refractivity contribution in [1.82, 2.24) is 4.90 Å². The Labute approximate surface area is 104 Å². The molecule has 0 spiro atoms. The van der Waals surface area contributed by atoms with Gasteiger partial charge in [0.1, 0.15) is 0 Å². The molecule has 1 aromatic rings. The monoisotopic (exact) mass is 291 g/mol. The van der Waals surface area contributed by atoms with Crippen LogP contribution < -0.4 is 0 Å². The van der Waals surface area contributed by atoms with Crippen LogP contribution in [0.1, 0.15) is 18.7 Å². The van der Waals surface area contributed by atoms with Gasteiger partial charge < -0.3 is 10.0 Å². The highest BCUT2D eigenvalue weighted by molar-refractivity contribution is 9.11. The Morgan fingerprint density at radius 3 is 2.60 bits per heavy atom. The maximum Gasteiger partial charge on any atom is 0.0701 e. The maximum absolute atomic E-state index is 9.18. The van der Waals surface area contributed by atoms with Crippen molar-refractivity contribution < 1.29 is 5.11 Å². The van der Waals surface area contributed by atoms with Gasteiger partial charge in [-0.05, 0) is 35.1 Å². The Morgan fingerprint density at radius 1 is 1.47 bits per heavy atom. The molecule has 0 saturated carbocycles. The van der Waals surface area contributed by atoms with Crippen molar-refractivity contribution in [1.29, 1.82) is 0 Å². The van der Waals surface area contributed by atoms with E-state index in [-0.39, 0.29) is 12.0 Å². The van der Waals surface area contributed by atoms with Crippen LogP contribution in [0.25, 0.3) is 0 Å². The van der Waals surface area contributed by atoms with Crippen molar-refractivity contribution >= 4 is 27.3 Å². The van der Waals surface area contributed by atoms with Gasteiger partial charge in [-0.25, -0.2) is 0 Å². The minimum Gasteiger partial charge on any atom is -0.396 e. The van der Waals surface area contributed by atoms with E-state index >= 15 is 0 Å². The summed E-state index contributed by atoms with van der Waals surface area (Å²) >= 11 is 5.22. The van der Waals surface area contributed by atoms with Crippen LogP contribution in [0.2, 0.25) is 0 Å². The minimum atomic E-state index is -0.0246. The maximum atomic E-state index is 9.18. The fraction of sp³-hybridized carbons (Fsp3) is 0.636. The normalized spacial score (nSPS) is 12.4. The van der Waals surface area contributed by atoms with Gasteiger partial charge >= 0.3 is 0 Å². The highest BCUT2D eigenvalue weighted by Crippen LogP contribution is 2.24. The molecular formula is C11H18BrNOS. The molecule has 86 valence electrons. The third-order valence-electron chi connectivity index (χ3n) is 2.18. The third kappa shape index (κ3) is 4.64. The first kappa shape index (κ1) is 13.2. The largest absolute Gasteiger partial charge is 0.396 e. The Bertz CT molecular complexity index is 311. The second kappa shape index (κ2) is 5.43. The van der Waals surface area contributed by atoms with E-state index < -0.39 is 0 Å². The molecule has 0 saturated heterocycles. The van der Waals surface area contributed by atoms with Gasteiger partial charge in [0.05, 0.1) is 3.79 Å². The fourth-order valence-corrected chi connectivity index (χ4v) is 3.10. The average Bonchev–Trinajstić information content (AvgIpc) is 2.50. The van der Waals surface area contributed by atoms with E-state index in [1.54, 1.807) is 11.3 Å². The van der Waals surface area contributed by atoms with Gasteiger partial charge in [0.2, 0.25) is 0 Å². The minimum absolute atomic E-state index is 0.0246. The second-order valence-corrected chi connectivity index (χ2v) is 7.25. The zero-order chi connectivity index (χ0) is 11.5. The lowest BCUT2D eigenvalue weighted by atomic mass is 9.94. The molecule has 2 nitrogen and oxygen atoms in total. The van der Waals surface area contributed by atoms with E-state index in [9.17, 15) is 5.11 Å². The molecule has 0 aliphatic heterocycles. The molecule has 0 fully saturated rings. The van der Waals surface area contributed by atoms with E-state index in [4.69, 9.17) is 0 Å². The molecule has 0 radical (unpaired) electrons. The van der Waals surface area contributed by atoms with E-state index in [2.05, 4.69) is 53.9 Å². The van der Waals surface area contributed by atoms with Crippen LogP contribution in [-0.4, -0.2) is 30.2 Å². The Balaban J connectivity index is 2.46. The predicted octanol–water partition coefficient (Wildman–Crippen LogP) is 2.96. The number of hydrogen-bond donors (Lipinski definition) is 1. The average molecular weight is 292 g/mol. The summed E-state index contributed by atoms with van der Waals surface area (Å²) in [6, 6.07) is 4.21. The standard InChI is InChI=1S/C11H18BrNOS/c1-11(2,8-14)7-13(3)6-9-4-5-10(12)15-9/h4-5,14H,6-8H2,1-3H3. The first-order chi connectivity index (χ1) is 6.93. The Kier molecular flexibility index (Phi) is 4.77. The number of hydrogen-bond acceptors (Lipinski definition) is 3. The molecule has 1 heterocycles. The van der Waals surface area contributed by atoms with Gasteiger partial charge in [-0.3, -0.25) is 0 Å². The number of aliphatic hydroxyl groups excluding tert-OH is 1. The fourth-order valence-electron chi connectivity index (χ4n) is 1.54. The van der Waals surface area contributed by atoms with E-state index in [1.807, 2.05) is 0 Å². The lowest BCUT2D eigenvalue weighted by molar-refractivity contribution is 0.113. The lowest BCUT2D eigenvalue weighted by Gasteiger charge is -2.28. The number of halogens is 1. The van der Waals surface area contributed by atoms with Crippen molar-refractivity contribution in [2.75, 3.05) is 20.2 Å². The zero-order valence-corrected chi connectivity index (χ0v) is 11.9. The highest BCUT2D eigenvalue weighted by Gasteiger charge is 2.19. The molecule has 0 unspecified atom stereocenters. The first-order valence-electron chi connectivity index (χ1n) is 4.96. The quantitative estimate of drug-likeness (QED) is 0.902. The van der Waals surface area contributed by atoms with Crippen molar-refractivity contribution in [3.05, 3.63) is 20.8 Å². The number of rotatable bonds is 5. The molecule has 0 amide bonds. The summed E-state index contributed by atoms with van der Waals surface area (Å²) in [5.41, 5.74) is -0.0246. The summed E-state index contributed by atoms with van der Waals surface area (Å²) in [5, 5.41) is 9.18. The summed E-state index contributed by atoms with van der Waals surface area (Å²) in [4.78, 5) is 3.59. The van der Waals surface area contributed by atoms with Crippen LogP contribution in [0.5, 0.6) is 0 Å². The summed E-state index contributed by atoms with van der Waals surface area (Å²) < 4.78 is 1.17. The molecule has 0 aliphatic rings. The van der Waals surface area contributed by atoms with E-state index in [0.29, 0.717) is 0 Å². The third-order valence-corrected chi connectivity index (χ3v) is 3.79. The summed E-state index contributed by atoms with van der Waals surface area (Å²) in [7, 11) is 2.09. The zero-order valence-electron chi connectivity index (χ0n) is 9.46. The summed E-state index contributed by atoms with van der Waals surface area (Å²) in [5.74, 6) is 0. The van der Waals surface area contributed by atoms with Gasteiger partial charge in [0, 0.05) is 30.0 Å². The van der Waals surface area contributed by atoms with Crippen LogP contribution in [0, 0.1) is 5.41 Å². The van der Waals surface area contributed by atoms with Crippen LogP contribution >= 0.6 is 27.3 Å². The molecule has 1 aromatic heterocycles. The van der Waals surface area contributed by atoms with Gasteiger partial charge in [-0.1, -0.05) is 13.8 Å². The van der Waals surface area contributed by atoms with Crippen molar-refractivity contribution in [3.63, 3.8) is 0 Å². The van der Waals surface area contributed by atoms with Gasteiger partial charge in [-0.2, -0.15) is 0 Å². The molecule has 1 N–H and O–H groups in total. The van der Waals surface area contributed by atoms with Crippen LogP contribution in [0.4, 0.5) is 0 Å². The summed E-state index contributed by atoms with van der Waals surface area (Å²) in [6.45, 7) is 6.23. The van der Waals surface area contributed by atoms with Crippen molar-refractivity contribution in [2.45, 2.75) is 20.4 Å².